The van der Waals surface area contributed by atoms with Gasteiger partial charge in [-0.3, -0.25) is 0 Å². The largest absolute Gasteiger partial charge is 0.508 e. The first-order valence-corrected chi connectivity index (χ1v) is 6.53. The molecule has 1 aromatic rings. The van der Waals surface area contributed by atoms with E-state index >= 15 is 0 Å². The highest BCUT2D eigenvalue weighted by Crippen LogP contribution is 2.24. The molecule has 0 radical (unpaired) electrons. The van der Waals surface area contributed by atoms with E-state index in [1.165, 1.54) is 0 Å². The van der Waals surface area contributed by atoms with E-state index in [0.29, 0.717) is 6.54 Å². The van der Waals surface area contributed by atoms with E-state index in [1.54, 1.807) is 23.1 Å². The Morgan fingerprint density at radius 1 is 1.42 bits per heavy atom. The fraction of sp³-hybridized carbons (Fsp3) is 0.533. The third-order valence-electron chi connectivity index (χ3n) is 2.79. The topological polar surface area (TPSA) is 49.8 Å². The zero-order valence-electron chi connectivity index (χ0n) is 12.3. The van der Waals surface area contributed by atoms with Gasteiger partial charge < -0.3 is 14.7 Å². The molecular weight excluding hydrogens is 242 g/mol. The van der Waals surface area contributed by atoms with E-state index in [-0.39, 0.29) is 17.9 Å². The summed E-state index contributed by atoms with van der Waals surface area (Å²) in [5.74, 6) is 0.199. The molecule has 0 saturated heterocycles. The lowest BCUT2D eigenvalue weighted by Crippen LogP contribution is -2.38. The van der Waals surface area contributed by atoms with Gasteiger partial charge in [0.25, 0.3) is 0 Å². The first-order chi connectivity index (χ1) is 8.74. The summed E-state index contributed by atoms with van der Waals surface area (Å²) in [7, 11) is 0. The molecule has 0 bridgehead atoms. The van der Waals surface area contributed by atoms with Crippen molar-refractivity contribution in [3.63, 3.8) is 0 Å². The van der Waals surface area contributed by atoms with Gasteiger partial charge >= 0.3 is 6.09 Å². The number of phenolic OH excluding ortho intramolecular Hbond substituents is 1. The van der Waals surface area contributed by atoms with E-state index in [2.05, 4.69) is 0 Å². The molecule has 0 fully saturated rings. The monoisotopic (exact) mass is 265 g/mol. The quantitative estimate of drug-likeness (QED) is 0.906. The average molecular weight is 265 g/mol. The molecule has 19 heavy (non-hydrogen) atoms. The average Bonchev–Trinajstić information content (AvgIpc) is 2.27. The molecule has 0 saturated carbocycles. The summed E-state index contributed by atoms with van der Waals surface area (Å²) >= 11 is 0. The minimum absolute atomic E-state index is 0.146. The Kier molecular flexibility index (Phi) is 4.81. The van der Waals surface area contributed by atoms with Gasteiger partial charge in [-0.05, 0) is 52.3 Å². The minimum atomic E-state index is -0.511. The van der Waals surface area contributed by atoms with Crippen molar-refractivity contribution < 1.29 is 14.6 Å². The Balaban J connectivity index is 2.88. The van der Waals surface area contributed by atoms with Crippen molar-refractivity contribution in [2.45, 2.75) is 46.3 Å². The van der Waals surface area contributed by atoms with Crippen LogP contribution in [0.15, 0.2) is 24.3 Å². The normalized spacial score (nSPS) is 12.9. The molecule has 0 aliphatic carbocycles. The summed E-state index contributed by atoms with van der Waals surface area (Å²) in [5, 5.41) is 9.51. The maximum absolute atomic E-state index is 12.1. The predicted octanol–water partition coefficient (Wildman–Crippen LogP) is 3.71. The Morgan fingerprint density at radius 2 is 2.05 bits per heavy atom. The van der Waals surface area contributed by atoms with E-state index in [9.17, 15) is 9.90 Å². The molecule has 0 heterocycles. The van der Waals surface area contributed by atoms with E-state index in [1.807, 2.05) is 40.7 Å². The Hall–Kier alpha value is -1.71. The summed E-state index contributed by atoms with van der Waals surface area (Å²) in [6, 6.07) is 6.78. The third kappa shape index (κ3) is 4.47. The molecule has 4 nitrogen and oxygen atoms in total. The smallest absolute Gasteiger partial charge is 0.410 e. The molecule has 0 spiro atoms. The van der Waals surface area contributed by atoms with Crippen LogP contribution >= 0.6 is 0 Å². The highest BCUT2D eigenvalue weighted by atomic mass is 16.6. The number of nitrogens with zero attached hydrogens (tertiary/aromatic N) is 1. The summed E-state index contributed by atoms with van der Waals surface area (Å²) in [5.41, 5.74) is 0.371. The van der Waals surface area contributed by atoms with E-state index in [0.717, 1.165) is 5.56 Å². The number of carbonyl (C=O) groups is 1. The molecule has 0 aromatic heterocycles. The zero-order valence-corrected chi connectivity index (χ0v) is 12.3. The second-order valence-corrected chi connectivity index (χ2v) is 5.54. The lowest BCUT2D eigenvalue weighted by atomic mass is 10.1. The van der Waals surface area contributed by atoms with Crippen LogP contribution in [0.2, 0.25) is 0 Å². The molecule has 1 aromatic carbocycles. The summed E-state index contributed by atoms with van der Waals surface area (Å²) in [6.07, 6.45) is -0.342. The first kappa shape index (κ1) is 15.3. The van der Waals surface area contributed by atoms with Crippen molar-refractivity contribution >= 4 is 6.09 Å². The van der Waals surface area contributed by atoms with Crippen LogP contribution in [0.1, 0.15) is 46.2 Å². The number of ether oxygens (including phenoxy) is 1. The van der Waals surface area contributed by atoms with Gasteiger partial charge in [0.15, 0.2) is 0 Å². The van der Waals surface area contributed by atoms with Gasteiger partial charge in [0.05, 0.1) is 6.04 Å². The third-order valence-corrected chi connectivity index (χ3v) is 2.79. The summed E-state index contributed by atoms with van der Waals surface area (Å²) < 4.78 is 5.39. The maximum atomic E-state index is 12.1. The van der Waals surface area contributed by atoms with Gasteiger partial charge in [-0.1, -0.05) is 12.1 Å². The van der Waals surface area contributed by atoms with Crippen LogP contribution in [0.5, 0.6) is 5.75 Å². The minimum Gasteiger partial charge on any atom is -0.508 e. The van der Waals surface area contributed by atoms with Crippen LogP contribution in [0, 0.1) is 0 Å². The van der Waals surface area contributed by atoms with Crippen LogP contribution in [0.25, 0.3) is 0 Å². The maximum Gasteiger partial charge on any atom is 0.410 e. The standard InChI is InChI=1S/C15H23NO3/c1-6-16(14(18)19-15(3,4)5)11(2)12-8-7-9-13(17)10-12/h7-11,17H,6H2,1-5H3. The van der Waals surface area contributed by atoms with Crippen LogP contribution < -0.4 is 0 Å². The SMILES string of the molecule is CCN(C(=O)OC(C)(C)C)C(C)c1cccc(O)c1. The van der Waals surface area contributed by atoms with Crippen LogP contribution in [-0.4, -0.2) is 28.2 Å². The molecular formula is C15H23NO3. The molecule has 4 heteroatoms. The molecule has 0 aliphatic rings. The lowest BCUT2D eigenvalue weighted by Gasteiger charge is -2.31. The van der Waals surface area contributed by atoms with Crippen molar-refractivity contribution in [1.29, 1.82) is 0 Å². The highest BCUT2D eigenvalue weighted by molar-refractivity contribution is 5.68. The molecule has 1 unspecified atom stereocenters. The number of carbonyl (C=O) groups excluding carboxylic acids is 1. The predicted molar refractivity (Wildman–Crippen MR) is 75.1 cm³/mol. The van der Waals surface area contributed by atoms with Gasteiger partial charge in [0.2, 0.25) is 0 Å². The van der Waals surface area contributed by atoms with Gasteiger partial charge in [-0.15, -0.1) is 0 Å². The van der Waals surface area contributed by atoms with Crippen LogP contribution in [0.4, 0.5) is 4.79 Å². The van der Waals surface area contributed by atoms with Crippen molar-refractivity contribution in [3.8, 4) is 5.75 Å². The summed E-state index contributed by atoms with van der Waals surface area (Å²) in [6.45, 7) is 9.91. The molecule has 1 amide bonds. The van der Waals surface area contributed by atoms with E-state index < -0.39 is 5.60 Å². The molecule has 1 atom stereocenters. The second kappa shape index (κ2) is 5.95. The molecule has 106 valence electrons. The Bertz CT molecular complexity index is 437. The van der Waals surface area contributed by atoms with Crippen molar-refractivity contribution in [2.75, 3.05) is 6.54 Å². The first-order valence-electron chi connectivity index (χ1n) is 6.53. The number of benzene rings is 1. The number of rotatable bonds is 3. The number of aromatic hydroxyl groups is 1. The van der Waals surface area contributed by atoms with Crippen LogP contribution in [-0.2, 0) is 4.74 Å². The van der Waals surface area contributed by atoms with Gasteiger partial charge in [0, 0.05) is 6.54 Å². The Labute approximate surface area is 115 Å². The number of amides is 1. The van der Waals surface area contributed by atoms with Gasteiger partial charge in [0.1, 0.15) is 11.4 Å². The van der Waals surface area contributed by atoms with E-state index in [4.69, 9.17) is 4.74 Å². The molecule has 1 N–H and O–H groups in total. The Morgan fingerprint density at radius 3 is 2.53 bits per heavy atom. The highest BCUT2D eigenvalue weighted by Gasteiger charge is 2.25. The number of phenols is 1. The zero-order chi connectivity index (χ0) is 14.6. The summed E-state index contributed by atoms with van der Waals surface area (Å²) in [4.78, 5) is 13.8. The van der Waals surface area contributed by atoms with Crippen molar-refractivity contribution in [3.05, 3.63) is 29.8 Å². The molecule has 1 rings (SSSR count). The van der Waals surface area contributed by atoms with Crippen LogP contribution in [0.3, 0.4) is 0 Å². The van der Waals surface area contributed by atoms with Gasteiger partial charge in [-0.2, -0.15) is 0 Å². The second-order valence-electron chi connectivity index (χ2n) is 5.54. The lowest BCUT2D eigenvalue weighted by molar-refractivity contribution is 0.0186. The number of hydrogen-bond acceptors (Lipinski definition) is 3. The molecule has 0 aliphatic heterocycles. The van der Waals surface area contributed by atoms with Crippen molar-refractivity contribution in [2.24, 2.45) is 0 Å². The number of hydrogen-bond donors (Lipinski definition) is 1. The fourth-order valence-corrected chi connectivity index (χ4v) is 1.85. The fourth-order valence-electron chi connectivity index (χ4n) is 1.85. The van der Waals surface area contributed by atoms with Crippen molar-refractivity contribution in [1.82, 2.24) is 4.90 Å². The van der Waals surface area contributed by atoms with Gasteiger partial charge in [-0.25, -0.2) is 4.79 Å².